The van der Waals surface area contributed by atoms with Crippen LogP contribution in [0.3, 0.4) is 0 Å². The maximum Gasteiger partial charge on any atom is 0.229 e. The van der Waals surface area contributed by atoms with E-state index in [4.69, 9.17) is 9.47 Å². The van der Waals surface area contributed by atoms with Crippen LogP contribution >= 0.6 is 0 Å². The second kappa shape index (κ2) is 9.23. The minimum absolute atomic E-state index is 0.0344. The van der Waals surface area contributed by atoms with Crippen molar-refractivity contribution < 1.29 is 22.7 Å². The van der Waals surface area contributed by atoms with Gasteiger partial charge in [0, 0.05) is 11.6 Å². The fourth-order valence-corrected chi connectivity index (χ4v) is 3.48. The van der Waals surface area contributed by atoms with Gasteiger partial charge in [-0.1, -0.05) is 12.1 Å². The second-order valence-corrected chi connectivity index (χ2v) is 7.66. The van der Waals surface area contributed by atoms with Crippen molar-refractivity contribution in [3.63, 3.8) is 0 Å². The molecule has 3 aromatic rings. The molecule has 0 spiro atoms. The minimum Gasteiger partial charge on any atom is -0.493 e. The summed E-state index contributed by atoms with van der Waals surface area (Å²) in [6.07, 6.45) is 2.91. The second-order valence-electron chi connectivity index (χ2n) is 6.05. The van der Waals surface area contributed by atoms with Gasteiger partial charge in [-0.2, -0.15) is 0 Å². The standard InChI is InChI=1S/C20H20N4O5S/c1-28-17-9-4-14(12-18(17)29-2)13-19(25)23-15-5-7-16(8-6-15)30(26,27)24-20-21-10-3-11-22-20/h3-12H,13H2,1-2H3,(H2,21,22,23,24,25)/p-1. The first-order valence-corrected chi connectivity index (χ1v) is 10.2. The number of anilines is 1. The van der Waals surface area contributed by atoms with Crippen LogP contribution < -0.4 is 14.8 Å². The van der Waals surface area contributed by atoms with Crippen LogP contribution in [0.25, 0.3) is 4.72 Å². The number of benzene rings is 2. The Bertz CT molecular complexity index is 1120. The summed E-state index contributed by atoms with van der Waals surface area (Å²) in [5.74, 6) is 0.693. The fraction of sp³-hybridized carbons (Fsp3) is 0.150. The minimum atomic E-state index is -3.96. The number of carbonyl (C=O) groups is 1. The summed E-state index contributed by atoms with van der Waals surface area (Å²) in [4.78, 5) is 19.8. The molecule has 1 aromatic heterocycles. The van der Waals surface area contributed by atoms with E-state index in [9.17, 15) is 13.2 Å². The van der Waals surface area contributed by atoms with Crippen LogP contribution in [0.4, 0.5) is 11.6 Å². The zero-order chi connectivity index (χ0) is 21.6. The molecule has 0 aliphatic carbocycles. The molecule has 2 aromatic carbocycles. The van der Waals surface area contributed by atoms with E-state index >= 15 is 0 Å². The number of ether oxygens (including phenoxy) is 2. The normalized spacial score (nSPS) is 10.9. The highest BCUT2D eigenvalue weighted by Gasteiger charge is 2.13. The molecule has 0 unspecified atom stereocenters. The van der Waals surface area contributed by atoms with Crippen LogP contribution in [-0.4, -0.2) is 38.5 Å². The molecule has 30 heavy (non-hydrogen) atoms. The molecular weight excluding hydrogens is 408 g/mol. The smallest absolute Gasteiger partial charge is 0.229 e. The van der Waals surface area contributed by atoms with Crippen LogP contribution in [0.1, 0.15) is 5.56 Å². The van der Waals surface area contributed by atoms with Crippen LogP contribution in [-0.2, 0) is 21.2 Å². The number of carbonyl (C=O) groups excluding carboxylic acids is 1. The van der Waals surface area contributed by atoms with Crippen molar-refractivity contribution >= 4 is 27.6 Å². The summed E-state index contributed by atoms with van der Waals surface area (Å²) in [6.45, 7) is 0. The molecule has 1 amide bonds. The van der Waals surface area contributed by atoms with E-state index in [2.05, 4.69) is 20.0 Å². The summed E-state index contributed by atoms with van der Waals surface area (Å²) in [5.41, 5.74) is 1.20. The van der Waals surface area contributed by atoms with Crippen LogP contribution in [0.5, 0.6) is 11.5 Å². The Kier molecular flexibility index (Phi) is 6.48. The number of nitrogens with one attached hydrogen (secondary N) is 1. The first kappa shape index (κ1) is 21.1. The Morgan fingerprint density at radius 3 is 2.30 bits per heavy atom. The molecule has 0 bridgehead atoms. The van der Waals surface area contributed by atoms with Gasteiger partial charge in [0.15, 0.2) is 11.5 Å². The maximum absolute atomic E-state index is 12.3. The number of aromatic nitrogens is 2. The Morgan fingerprint density at radius 2 is 1.67 bits per heavy atom. The molecular formula is C20H19N4O5S-. The molecule has 0 atom stereocenters. The van der Waals surface area contributed by atoms with Crippen molar-refractivity contribution in [2.45, 2.75) is 11.3 Å². The summed E-state index contributed by atoms with van der Waals surface area (Å²) >= 11 is 0. The first-order valence-electron chi connectivity index (χ1n) is 8.77. The number of sulfonamides is 1. The largest absolute Gasteiger partial charge is 0.493 e. The quantitative estimate of drug-likeness (QED) is 0.586. The third-order valence-electron chi connectivity index (χ3n) is 4.00. The number of hydrogen-bond acceptors (Lipinski definition) is 7. The summed E-state index contributed by atoms with van der Waals surface area (Å²) < 4.78 is 38.7. The molecule has 10 heteroatoms. The van der Waals surface area contributed by atoms with Gasteiger partial charge in [-0.25, -0.2) is 8.42 Å². The maximum atomic E-state index is 12.3. The lowest BCUT2D eigenvalue weighted by Crippen LogP contribution is -2.14. The average molecular weight is 427 g/mol. The number of hydrogen-bond donors (Lipinski definition) is 1. The van der Waals surface area contributed by atoms with E-state index in [0.717, 1.165) is 5.56 Å². The highest BCUT2D eigenvalue weighted by atomic mass is 32.2. The van der Waals surface area contributed by atoms with Crippen LogP contribution in [0, 0.1) is 0 Å². The third kappa shape index (κ3) is 5.23. The highest BCUT2D eigenvalue weighted by molar-refractivity contribution is 7.94. The number of rotatable bonds is 8. The molecule has 9 nitrogen and oxygen atoms in total. The topological polar surface area (TPSA) is 122 Å². The summed E-state index contributed by atoms with van der Waals surface area (Å²) in [7, 11) is -0.903. The number of nitrogens with zero attached hydrogens (tertiary/aromatic N) is 3. The van der Waals surface area contributed by atoms with E-state index in [0.29, 0.717) is 17.2 Å². The van der Waals surface area contributed by atoms with Crippen molar-refractivity contribution in [2.24, 2.45) is 0 Å². The van der Waals surface area contributed by atoms with E-state index < -0.39 is 10.0 Å². The Labute approximate surface area is 174 Å². The third-order valence-corrected chi connectivity index (χ3v) is 5.27. The highest BCUT2D eigenvalue weighted by Crippen LogP contribution is 2.28. The molecule has 0 saturated carbocycles. The van der Waals surface area contributed by atoms with Crippen molar-refractivity contribution in [2.75, 3.05) is 19.5 Å². The van der Waals surface area contributed by atoms with E-state index in [1.54, 1.807) is 24.3 Å². The molecule has 0 aliphatic heterocycles. The lowest BCUT2D eigenvalue weighted by molar-refractivity contribution is -0.115. The lowest BCUT2D eigenvalue weighted by atomic mass is 10.1. The van der Waals surface area contributed by atoms with Crippen molar-refractivity contribution in [1.29, 1.82) is 0 Å². The number of methoxy groups -OCH3 is 2. The average Bonchev–Trinajstić information content (AvgIpc) is 2.74. The van der Waals surface area contributed by atoms with E-state index in [1.807, 2.05) is 0 Å². The van der Waals surface area contributed by atoms with Crippen molar-refractivity contribution in [1.82, 2.24) is 9.97 Å². The lowest BCUT2D eigenvalue weighted by Gasteiger charge is -2.13. The molecule has 0 radical (unpaired) electrons. The monoisotopic (exact) mass is 427 g/mol. The molecule has 0 saturated heterocycles. The molecule has 0 fully saturated rings. The van der Waals surface area contributed by atoms with Gasteiger partial charge >= 0.3 is 0 Å². The SMILES string of the molecule is COc1ccc(CC(=O)Nc2ccc(S(=O)(=O)[N-]c3ncccn3)cc2)cc1OC. The molecule has 0 aliphatic rings. The van der Waals surface area contributed by atoms with Crippen LogP contribution in [0.2, 0.25) is 0 Å². The predicted octanol–water partition coefficient (Wildman–Crippen LogP) is 3.07. The van der Waals surface area contributed by atoms with Gasteiger partial charge in [-0.05, 0) is 54.4 Å². The van der Waals surface area contributed by atoms with Gasteiger partial charge in [0.1, 0.15) is 0 Å². The zero-order valence-electron chi connectivity index (χ0n) is 16.3. The van der Waals surface area contributed by atoms with Gasteiger partial charge in [0.2, 0.25) is 15.9 Å². The first-order chi connectivity index (χ1) is 14.4. The van der Waals surface area contributed by atoms with Crippen molar-refractivity contribution in [3.8, 4) is 11.5 Å². The van der Waals surface area contributed by atoms with Gasteiger partial charge in [0.05, 0.1) is 25.5 Å². The van der Waals surface area contributed by atoms with Gasteiger partial charge in [-0.3, -0.25) is 9.52 Å². The summed E-state index contributed by atoms with van der Waals surface area (Å²) in [5, 5.41) is 2.72. The Morgan fingerprint density at radius 1 is 1.00 bits per heavy atom. The predicted molar refractivity (Wildman–Crippen MR) is 111 cm³/mol. The number of amides is 1. The molecule has 1 heterocycles. The molecule has 1 N–H and O–H groups in total. The van der Waals surface area contributed by atoms with Gasteiger partial charge < -0.3 is 24.8 Å². The Hall–Kier alpha value is -3.66. The van der Waals surface area contributed by atoms with Crippen molar-refractivity contribution in [3.05, 3.63) is 71.2 Å². The molecule has 3 rings (SSSR count). The fourth-order valence-electron chi connectivity index (χ4n) is 2.59. The van der Waals surface area contributed by atoms with Gasteiger partial charge in [-0.15, -0.1) is 0 Å². The molecule has 156 valence electrons. The van der Waals surface area contributed by atoms with Crippen LogP contribution in [0.15, 0.2) is 65.8 Å². The van der Waals surface area contributed by atoms with E-state index in [1.165, 1.54) is 50.9 Å². The van der Waals surface area contributed by atoms with E-state index in [-0.39, 0.29) is 23.2 Å². The van der Waals surface area contributed by atoms with Gasteiger partial charge in [0.25, 0.3) is 0 Å². The zero-order valence-corrected chi connectivity index (χ0v) is 17.1. The Balaban J connectivity index is 1.64. The summed E-state index contributed by atoms with van der Waals surface area (Å²) in [6, 6.07) is 12.5.